The number of hydrogen-bond acceptors (Lipinski definition) is 7. The molecule has 3 aromatic rings. The maximum atomic E-state index is 13.7. The molecule has 0 atom stereocenters. The zero-order valence-corrected chi connectivity index (χ0v) is 22.6. The fourth-order valence-electron chi connectivity index (χ4n) is 3.24. The van der Waals surface area contributed by atoms with Gasteiger partial charge in [0.15, 0.2) is 11.5 Å². The van der Waals surface area contributed by atoms with Crippen molar-refractivity contribution < 1.29 is 27.4 Å². The molecule has 12 heteroatoms. The van der Waals surface area contributed by atoms with Crippen molar-refractivity contribution in [1.82, 2.24) is 5.43 Å². The van der Waals surface area contributed by atoms with Gasteiger partial charge in [0.2, 0.25) is 0 Å². The van der Waals surface area contributed by atoms with Crippen molar-refractivity contribution in [3.05, 3.63) is 76.3 Å². The second kappa shape index (κ2) is 12.7. The lowest BCUT2D eigenvalue weighted by Crippen LogP contribution is -2.39. The molecule has 0 aliphatic rings. The first-order valence-electron chi connectivity index (χ1n) is 10.9. The Morgan fingerprint density at radius 3 is 2.32 bits per heavy atom. The Labute approximate surface area is 225 Å². The molecule has 0 aliphatic carbocycles. The van der Waals surface area contributed by atoms with Crippen LogP contribution in [0, 0.1) is 0 Å². The second-order valence-electron chi connectivity index (χ2n) is 7.41. The van der Waals surface area contributed by atoms with Crippen molar-refractivity contribution in [3.8, 4) is 17.2 Å². The van der Waals surface area contributed by atoms with Gasteiger partial charge in [-0.1, -0.05) is 29.3 Å². The van der Waals surface area contributed by atoms with Crippen LogP contribution >= 0.6 is 23.2 Å². The SMILES string of the molecule is CCOc1ccc(N(CC(=O)N/N=C\c2ccc(Cl)cc2Cl)S(=O)(=O)c2ccc(OC)c(OC)c2)cc1. The highest BCUT2D eigenvalue weighted by atomic mass is 35.5. The molecule has 3 aromatic carbocycles. The van der Waals surface area contributed by atoms with Gasteiger partial charge < -0.3 is 14.2 Å². The van der Waals surface area contributed by atoms with E-state index in [4.69, 9.17) is 37.4 Å². The summed E-state index contributed by atoms with van der Waals surface area (Å²) in [6, 6.07) is 15.3. The Morgan fingerprint density at radius 1 is 1.00 bits per heavy atom. The van der Waals surface area contributed by atoms with E-state index < -0.39 is 22.5 Å². The molecule has 0 aromatic heterocycles. The molecule has 0 aliphatic heterocycles. The molecule has 0 saturated heterocycles. The fourth-order valence-corrected chi connectivity index (χ4v) is 5.13. The molecule has 37 heavy (non-hydrogen) atoms. The number of halogens is 2. The molecule has 0 bridgehead atoms. The first-order valence-corrected chi connectivity index (χ1v) is 13.1. The van der Waals surface area contributed by atoms with Gasteiger partial charge in [0.25, 0.3) is 15.9 Å². The molecule has 1 amide bonds. The van der Waals surface area contributed by atoms with Gasteiger partial charge in [0, 0.05) is 16.7 Å². The maximum Gasteiger partial charge on any atom is 0.264 e. The van der Waals surface area contributed by atoms with Crippen LogP contribution in [-0.4, -0.2) is 47.9 Å². The van der Waals surface area contributed by atoms with Crippen molar-refractivity contribution in [2.75, 3.05) is 31.7 Å². The molecule has 0 spiro atoms. The third-order valence-corrected chi connectivity index (χ3v) is 7.35. The minimum absolute atomic E-state index is 0.0942. The number of nitrogens with one attached hydrogen (secondary N) is 1. The van der Waals surface area contributed by atoms with Gasteiger partial charge in [-0.15, -0.1) is 0 Å². The predicted molar refractivity (Wildman–Crippen MR) is 144 cm³/mol. The minimum Gasteiger partial charge on any atom is -0.494 e. The Balaban J connectivity index is 1.91. The highest BCUT2D eigenvalue weighted by molar-refractivity contribution is 7.92. The van der Waals surface area contributed by atoms with Crippen LogP contribution in [0.25, 0.3) is 0 Å². The summed E-state index contributed by atoms with van der Waals surface area (Å²) in [5.41, 5.74) is 3.10. The Bertz CT molecular complexity index is 1380. The Morgan fingerprint density at radius 2 is 1.70 bits per heavy atom. The lowest BCUT2D eigenvalue weighted by atomic mass is 10.2. The molecule has 0 unspecified atom stereocenters. The van der Waals surface area contributed by atoms with Crippen LogP contribution in [0.5, 0.6) is 17.2 Å². The molecule has 0 fully saturated rings. The summed E-state index contributed by atoms with van der Waals surface area (Å²) in [5.74, 6) is 0.467. The monoisotopic (exact) mass is 565 g/mol. The Hall–Kier alpha value is -3.47. The number of carbonyl (C=O) groups excluding carboxylic acids is 1. The molecule has 1 N–H and O–H groups in total. The van der Waals surface area contributed by atoms with E-state index in [9.17, 15) is 13.2 Å². The molecule has 196 valence electrons. The summed E-state index contributed by atoms with van der Waals surface area (Å²) >= 11 is 12.0. The standard InChI is InChI=1S/C25H25Cl2N3O6S/c1-4-36-20-9-7-19(8-10-20)30(37(32,33)21-11-12-23(34-2)24(14-21)35-3)16-25(31)29-28-15-17-5-6-18(26)13-22(17)27/h5-15H,4,16H2,1-3H3,(H,29,31)/b28-15-. The first kappa shape index (κ1) is 28.1. The lowest BCUT2D eigenvalue weighted by molar-refractivity contribution is -0.119. The molecular weight excluding hydrogens is 541 g/mol. The fraction of sp³-hybridized carbons (Fsp3) is 0.200. The summed E-state index contributed by atoms with van der Waals surface area (Å²) < 4.78 is 44.2. The molecule has 0 radical (unpaired) electrons. The number of carbonyl (C=O) groups is 1. The van der Waals surface area contributed by atoms with Crippen molar-refractivity contribution in [3.63, 3.8) is 0 Å². The van der Waals surface area contributed by atoms with Gasteiger partial charge in [0.1, 0.15) is 12.3 Å². The highest BCUT2D eigenvalue weighted by Crippen LogP contribution is 2.32. The van der Waals surface area contributed by atoms with Crippen LogP contribution in [0.3, 0.4) is 0 Å². The average Bonchev–Trinajstić information content (AvgIpc) is 2.88. The number of anilines is 1. The number of sulfonamides is 1. The molecule has 9 nitrogen and oxygen atoms in total. The number of hydrazone groups is 1. The van der Waals surface area contributed by atoms with E-state index in [0.717, 1.165) is 4.31 Å². The van der Waals surface area contributed by atoms with Crippen LogP contribution in [0.15, 0.2) is 70.7 Å². The van der Waals surface area contributed by atoms with Crippen molar-refractivity contribution in [1.29, 1.82) is 0 Å². The summed E-state index contributed by atoms with van der Waals surface area (Å²) in [6.07, 6.45) is 1.33. The summed E-state index contributed by atoms with van der Waals surface area (Å²) in [5, 5.41) is 4.69. The van der Waals surface area contributed by atoms with Gasteiger partial charge in [-0.3, -0.25) is 9.10 Å². The van der Waals surface area contributed by atoms with Crippen molar-refractivity contribution in [2.24, 2.45) is 5.10 Å². The number of amides is 1. The van der Waals surface area contributed by atoms with Gasteiger partial charge in [-0.05, 0) is 55.5 Å². The van der Waals surface area contributed by atoms with E-state index >= 15 is 0 Å². The van der Waals surface area contributed by atoms with E-state index in [1.165, 1.54) is 44.7 Å². The third kappa shape index (κ3) is 7.06. The Kier molecular flexibility index (Phi) is 9.62. The number of rotatable bonds is 11. The lowest BCUT2D eigenvalue weighted by Gasteiger charge is -2.24. The summed E-state index contributed by atoms with van der Waals surface area (Å²) in [6.45, 7) is 1.73. The minimum atomic E-state index is -4.21. The van der Waals surface area contributed by atoms with E-state index in [0.29, 0.717) is 33.7 Å². The zero-order chi connectivity index (χ0) is 27.0. The van der Waals surface area contributed by atoms with Crippen molar-refractivity contribution >= 4 is 51.0 Å². The predicted octanol–water partition coefficient (Wildman–Crippen LogP) is 4.75. The van der Waals surface area contributed by atoms with E-state index in [-0.39, 0.29) is 16.3 Å². The van der Waals surface area contributed by atoms with Crippen LogP contribution in [0.1, 0.15) is 12.5 Å². The van der Waals surface area contributed by atoms with E-state index in [1.54, 1.807) is 36.4 Å². The molecule has 0 heterocycles. The third-order valence-electron chi connectivity index (χ3n) is 5.02. The summed E-state index contributed by atoms with van der Waals surface area (Å²) in [4.78, 5) is 12.7. The van der Waals surface area contributed by atoms with Gasteiger partial charge in [0.05, 0.1) is 42.6 Å². The molecule has 3 rings (SSSR count). The number of benzene rings is 3. The average molecular weight is 566 g/mol. The van der Waals surface area contributed by atoms with Crippen molar-refractivity contribution in [2.45, 2.75) is 11.8 Å². The number of ether oxygens (including phenoxy) is 3. The normalized spacial score (nSPS) is 11.3. The van der Waals surface area contributed by atoms with Gasteiger partial charge in [-0.25, -0.2) is 13.8 Å². The number of nitrogens with zero attached hydrogens (tertiary/aromatic N) is 2. The maximum absolute atomic E-state index is 13.7. The van der Waals surface area contributed by atoms with Gasteiger partial charge >= 0.3 is 0 Å². The highest BCUT2D eigenvalue weighted by Gasteiger charge is 2.28. The first-order chi connectivity index (χ1) is 17.7. The number of methoxy groups -OCH3 is 2. The smallest absolute Gasteiger partial charge is 0.264 e. The largest absolute Gasteiger partial charge is 0.494 e. The molecular formula is C25H25Cl2N3O6S. The van der Waals surface area contributed by atoms with Crippen LogP contribution in [0.2, 0.25) is 10.0 Å². The number of hydrogen-bond donors (Lipinski definition) is 1. The zero-order valence-electron chi connectivity index (χ0n) is 20.3. The van der Waals surface area contributed by atoms with Gasteiger partial charge in [-0.2, -0.15) is 5.10 Å². The van der Waals surface area contributed by atoms with Crippen LogP contribution in [0.4, 0.5) is 5.69 Å². The topological polar surface area (TPSA) is 107 Å². The second-order valence-corrected chi connectivity index (χ2v) is 10.1. The van der Waals surface area contributed by atoms with Crippen LogP contribution in [-0.2, 0) is 14.8 Å². The molecule has 0 saturated carbocycles. The van der Waals surface area contributed by atoms with Crippen LogP contribution < -0.4 is 23.9 Å². The summed E-state index contributed by atoms with van der Waals surface area (Å²) in [7, 11) is -1.37. The van der Waals surface area contributed by atoms with E-state index in [2.05, 4.69) is 10.5 Å². The quantitative estimate of drug-likeness (QED) is 0.265. The van der Waals surface area contributed by atoms with E-state index in [1.807, 2.05) is 6.92 Å².